The topological polar surface area (TPSA) is 49.2 Å². The van der Waals surface area contributed by atoms with Crippen molar-refractivity contribution in [3.8, 4) is 11.5 Å². The Morgan fingerprint density at radius 1 is 1.23 bits per heavy atom. The molecule has 0 amide bonds. The van der Waals surface area contributed by atoms with Crippen LogP contribution in [0.15, 0.2) is 42.7 Å². The molecule has 2 aromatic heterocycles. The Morgan fingerprint density at radius 2 is 2.09 bits per heavy atom. The summed E-state index contributed by atoms with van der Waals surface area (Å²) in [6.45, 7) is 4.62. The van der Waals surface area contributed by atoms with E-state index < -0.39 is 0 Å². The van der Waals surface area contributed by atoms with E-state index in [1.54, 1.807) is 13.3 Å². The van der Waals surface area contributed by atoms with Gasteiger partial charge in [-0.2, -0.15) is 5.10 Å². The van der Waals surface area contributed by atoms with Gasteiger partial charge >= 0.3 is 0 Å². The van der Waals surface area contributed by atoms with E-state index in [1.165, 1.54) is 0 Å². The van der Waals surface area contributed by atoms with Crippen molar-refractivity contribution >= 4 is 10.9 Å². The highest BCUT2D eigenvalue weighted by Crippen LogP contribution is 2.26. The summed E-state index contributed by atoms with van der Waals surface area (Å²) in [4.78, 5) is 4.42. The summed E-state index contributed by atoms with van der Waals surface area (Å²) in [6.07, 6.45) is 3.68. The normalized spacial score (nSPS) is 11.1. The molecule has 1 aromatic carbocycles. The van der Waals surface area contributed by atoms with Gasteiger partial charge in [0.25, 0.3) is 0 Å². The number of rotatable bonds is 5. The predicted octanol–water partition coefficient (Wildman–Crippen LogP) is 3.60. The van der Waals surface area contributed by atoms with E-state index in [4.69, 9.17) is 9.47 Å². The molecule has 0 aliphatic rings. The fraction of sp³-hybridized carbons (Fsp3) is 0.294. The fourth-order valence-corrected chi connectivity index (χ4v) is 2.26. The molecule has 114 valence electrons. The number of hydrogen-bond donors (Lipinski definition) is 0. The first-order valence-corrected chi connectivity index (χ1v) is 7.27. The lowest BCUT2D eigenvalue weighted by Crippen LogP contribution is -2.03. The number of hydrogen-bond acceptors (Lipinski definition) is 4. The SMILES string of the molecule is COc1cccc2cc(OCc3ccn(C(C)C)n3)cnc12. The highest BCUT2D eigenvalue weighted by atomic mass is 16.5. The molecule has 0 saturated heterocycles. The second-order valence-electron chi connectivity index (χ2n) is 5.37. The van der Waals surface area contributed by atoms with Crippen LogP contribution < -0.4 is 9.47 Å². The van der Waals surface area contributed by atoms with E-state index in [-0.39, 0.29) is 0 Å². The molecular formula is C17H19N3O2. The molecule has 5 heteroatoms. The van der Waals surface area contributed by atoms with Crippen LogP contribution in [0.25, 0.3) is 10.9 Å². The maximum atomic E-state index is 5.79. The highest BCUT2D eigenvalue weighted by molar-refractivity contribution is 5.85. The van der Waals surface area contributed by atoms with E-state index in [2.05, 4.69) is 23.9 Å². The molecule has 0 spiro atoms. The van der Waals surface area contributed by atoms with Crippen molar-refractivity contribution in [3.05, 3.63) is 48.4 Å². The molecular weight excluding hydrogens is 278 g/mol. The molecule has 0 atom stereocenters. The molecule has 0 aliphatic carbocycles. The molecule has 0 N–H and O–H groups in total. The average molecular weight is 297 g/mol. The van der Waals surface area contributed by atoms with Gasteiger partial charge < -0.3 is 9.47 Å². The van der Waals surface area contributed by atoms with Crippen LogP contribution in [0.5, 0.6) is 11.5 Å². The van der Waals surface area contributed by atoms with Gasteiger partial charge in [-0.25, -0.2) is 4.98 Å². The second-order valence-corrected chi connectivity index (χ2v) is 5.37. The lowest BCUT2D eigenvalue weighted by molar-refractivity contribution is 0.298. The lowest BCUT2D eigenvalue weighted by Gasteiger charge is -2.08. The van der Waals surface area contributed by atoms with Gasteiger partial charge in [0.2, 0.25) is 0 Å². The first-order chi connectivity index (χ1) is 10.7. The average Bonchev–Trinajstić information content (AvgIpc) is 3.01. The molecule has 0 fully saturated rings. The second kappa shape index (κ2) is 6.05. The quantitative estimate of drug-likeness (QED) is 0.722. The van der Waals surface area contributed by atoms with Crippen LogP contribution in [0, 0.1) is 0 Å². The minimum absolute atomic E-state index is 0.351. The summed E-state index contributed by atoms with van der Waals surface area (Å²) in [6, 6.07) is 10.1. The van der Waals surface area contributed by atoms with Gasteiger partial charge in [0.1, 0.15) is 23.6 Å². The molecule has 3 aromatic rings. The van der Waals surface area contributed by atoms with Gasteiger partial charge in [-0.05, 0) is 32.0 Å². The van der Waals surface area contributed by atoms with E-state index in [9.17, 15) is 0 Å². The molecule has 3 rings (SSSR count). The van der Waals surface area contributed by atoms with Crippen molar-refractivity contribution in [1.82, 2.24) is 14.8 Å². The molecule has 0 radical (unpaired) electrons. The molecule has 22 heavy (non-hydrogen) atoms. The Morgan fingerprint density at radius 3 is 2.82 bits per heavy atom. The molecule has 0 unspecified atom stereocenters. The number of para-hydroxylation sites is 1. The lowest BCUT2D eigenvalue weighted by atomic mass is 10.2. The van der Waals surface area contributed by atoms with Crippen LogP contribution in [0.3, 0.4) is 0 Å². The zero-order chi connectivity index (χ0) is 15.5. The molecule has 2 heterocycles. The largest absolute Gasteiger partial charge is 0.494 e. The third-order valence-corrected chi connectivity index (χ3v) is 3.45. The Hall–Kier alpha value is -2.56. The van der Waals surface area contributed by atoms with Crippen molar-refractivity contribution in [2.24, 2.45) is 0 Å². The van der Waals surface area contributed by atoms with Gasteiger partial charge in [-0.1, -0.05) is 12.1 Å². The summed E-state index contributed by atoms with van der Waals surface area (Å²) in [5, 5.41) is 5.46. The van der Waals surface area contributed by atoms with Crippen LogP contribution in [-0.2, 0) is 6.61 Å². The first-order valence-electron chi connectivity index (χ1n) is 7.27. The minimum Gasteiger partial charge on any atom is -0.494 e. The highest BCUT2D eigenvalue weighted by Gasteiger charge is 2.06. The minimum atomic E-state index is 0.351. The fourth-order valence-electron chi connectivity index (χ4n) is 2.26. The standard InChI is InChI=1S/C17H19N3O2/c1-12(2)20-8-7-14(19-20)11-22-15-9-13-5-4-6-16(21-3)17(13)18-10-15/h4-10,12H,11H2,1-3H3. The van der Waals surface area contributed by atoms with E-state index >= 15 is 0 Å². The van der Waals surface area contributed by atoms with Gasteiger partial charge in [-0.3, -0.25) is 4.68 Å². The van der Waals surface area contributed by atoms with Crippen LogP contribution in [0.1, 0.15) is 25.6 Å². The number of pyridine rings is 1. The van der Waals surface area contributed by atoms with E-state index in [1.807, 2.05) is 41.2 Å². The van der Waals surface area contributed by atoms with Crippen LogP contribution in [0.4, 0.5) is 0 Å². The van der Waals surface area contributed by atoms with Crippen molar-refractivity contribution in [2.75, 3.05) is 7.11 Å². The summed E-state index contributed by atoms with van der Waals surface area (Å²) >= 11 is 0. The van der Waals surface area contributed by atoms with Crippen molar-refractivity contribution < 1.29 is 9.47 Å². The van der Waals surface area contributed by atoms with Crippen LogP contribution >= 0.6 is 0 Å². The molecule has 0 aliphatic heterocycles. The third-order valence-electron chi connectivity index (χ3n) is 3.45. The molecule has 5 nitrogen and oxygen atoms in total. The molecule has 0 saturated carbocycles. The van der Waals surface area contributed by atoms with Crippen molar-refractivity contribution in [2.45, 2.75) is 26.5 Å². The number of methoxy groups -OCH3 is 1. The maximum Gasteiger partial charge on any atom is 0.145 e. The van der Waals surface area contributed by atoms with E-state index in [0.717, 1.165) is 28.1 Å². The zero-order valence-corrected chi connectivity index (χ0v) is 13.0. The third kappa shape index (κ3) is 2.88. The van der Waals surface area contributed by atoms with Gasteiger partial charge in [0.15, 0.2) is 0 Å². The summed E-state index contributed by atoms with van der Waals surface area (Å²) in [7, 11) is 1.64. The van der Waals surface area contributed by atoms with Crippen LogP contribution in [0.2, 0.25) is 0 Å². The molecule has 0 bridgehead atoms. The Labute approximate surface area is 129 Å². The smallest absolute Gasteiger partial charge is 0.145 e. The number of aromatic nitrogens is 3. The maximum absolute atomic E-state index is 5.79. The summed E-state index contributed by atoms with van der Waals surface area (Å²) < 4.78 is 13.0. The Bertz CT molecular complexity index is 780. The van der Waals surface area contributed by atoms with Gasteiger partial charge in [0.05, 0.1) is 19.0 Å². The Kier molecular flexibility index (Phi) is 3.96. The zero-order valence-electron chi connectivity index (χ0n) is 13.0. The summed E-state index contributed by atoms with van der Waals surface area (Å²) in [5.74, 6) is 1.49. The monoisotopic (exact) mass is 297 g/mol. The summed E-state index contributed by atoms with van der Waals surface area (Å²) in [5.41, 5.74) is 1.74. The van der Waals surface area contributed by atoms with Crippen molar-refractivity contribution in [1.29, 1.82) is 0 Å². The number of benzene rings is 1. The van der Waals surface area contributed by atoms with Gasteiger partial charge in [-0.15, -0.1) is 0 Å². The number of fused-ring (bicyclic) bond motifs is 1. The Balaban J connectivity index is 1.76. The van der Waals surface area contributed by atoms with Crippen LogP contribution in [-0.4, -0.2) is 21.9 Å². The predicted molar refractivity (Wildman–Crippen MR) is 85.2 cm³/mol. The van der Waals surface area contributed by atoms with Gasteiger partial charge in [0, 0.05) is 17.6 Å². The van der Waals surface area contributed by atoms with Crippen molar-refractivity contribution in [3.63, 3.8) is 0 Å². The first kappa shape index (κ1) is 14.4. The number of ether oxygens (including phenoxy) is 2. The number of nitrogens with zero attached hydrogens (tertiary/aromatic N) is 3. The van der Waals surface area contributed by atoms with E-state index in [0.29, 0.717) is 12.6 Å².